The Morgan fingerprint density at radius 1 is 1.57 bits per heavy atom. The van der Waals surface area contributed by atoms with Crippen LogP contribution in [-0.4, -0.2) is 4.98 Å². The number of aromatic nitrogens is 1. The lowest BCUT2D eigenvalue weighted by molar-refractivity contribution is 0.307. The predicted molar refractivity (Wildman–Crippen MR) is 54.8 cm³/mol. The summed E-state index contributed by atoms with van der Waals surface area (Å²) in [5.41, 5.74) is 6.56. The van der Waals surface area contributed by atoms with E-state index in [-0.39, 0.29) is 0 Å². The number of oxazole rings is 1. The molecule has 78 valence electrons. The molecule has 0 saturated heterocycles. The molecular weight excluding hydrogens is 176 g/mol. The van der Waals surface area contributed by atoms with Gasteiger partial charge in [0.2, 0.25) is 0 Å². The van der Waals surface area contributed by atoms with E-state index in [1.807, 2.05) is 0 Å². The number of nitrogens with zero attached hydrogens (tertiary/aromatic N) is 1. The van der Waals surface area contributed by atoms with Gasteiger partial charge >= 0.3 is 0 Å². The van der Waals surface area contributed by atoms with E-state index in [1.54, 1.807) is 0 Å². The summed E-state index contributed by atoms with van der Waals surface area (Å²) in [6.07, 6.45) is 6.63. The third-order valence-corrected chi connectivity index (χ3v) is 3.17. The summed E-state index contributed by atoms with van der Waals surface area (Å²) in [6.45, 7) is 2.81. The van der Waals surface area contributed by atoms with Crippen molar-refractivity contribution in [3.8, 4) is 0 Å². The molecule has 0 bridgehead atoms. The molecule has 3 heteroatoms. The molecule has 1 heterocycles. The molecule has 14 heavy (non-hydrogen) atoms. The van der Waals surface area contributed by atoms with E-state index in [1.165, 1.54) is 32.1 Å². The van der Waals surface area contributed by atoms with Crippen molar-refractivity contribution in [3.05, 3.63) is 17.8 Å². The van der Waals surface area contributed by atoms with E-state index in [4.69, 9.17) is 10.2 Å². The van der Waals surface area contributed by atoms with Crippen molar-refractivity contribution in [2.24, 2.45) is 11.7 Å². The summed E-state index contributed by atoms with van der Waals surface area (Å²) in [5, 5.41) is 0. The molecule has 1 fully saturated rings. The Hall–Kier alpha value is -0.830. The summed E-state index contributed by atoms with van der Waals surface area (Å²) in [4.78, 5) is 4.14. The second-order valence-corrected chi connectivity index (χ2v) is 4.34. The minimum Gasteiger partial charge on any atom is -0.448 e. The van der Waals surface area contributed by atoms with Gasteiger partial charge in [0.15, 0.2) is 6.39 Å². The van der Waals surface area contributed by atoms with Gasteiger partial charge in [0.25, 0.3) is 0 Å². The highest BCUT2D eigenvalue weighted by Crippen LogP contribution is 2.36. The van der Waals surface area contributed by atoms with Crippen molar-refractivity contribution in [1.29, 1.82) is 0 Å². The molecule has 1 aliphatic rings. The number of rotatable bonds is 2. The summed E-state index contributed by atoms with van der Waals surface area (Å²) < 4.78 is 5.45. The monoisotopic (exact) mass is 194 g/mol. The molecule has 2 rings (SSSR count). The van der Waals surface area contributed by atoms with Gasteiger partial charge in [-0.1, -0.05) is 19.8 Å². The van der Waals surface area contributed by atoms with Gasteiger partial charge in [-0.2, -0.15) is 0 Å². The summed E-state index contributed by atoms with van der Waals surface area (Å²) in [7, 11) is 0. The smallest absolute Gasteiger partial charge is 0.181 e. The van der Waals surface area contributed by atoms with Gasteiger partial charge in [-0.05, 0) is 18.8 Å². The molecule has 0 radical (unpaired) electrons. The molecule has 0 spiro atoms. The number of hydrogen-bond acceptors (Lipinski definition) is 3. The Balaban J connectivity index is 2.13. The first-order valence-electron chi connectivity index (χ1n) is 5.43. The van der Waals surface area contributed by atoms with E-state index < -0.39 is 0 Å². The van der Waals surface area contributed by atoms with E-state index in [2.05, 4.69) is 11.9 Å². The molecule has 1 saturated carbocycles. The SMILES string of the molecule is CC1CCCC(c2ocnc2CN)C1. The lowest BCUT2D eigenvalue weighted by Gasteiger charge is -2.25. The van der Waals surface area contributed by atoms with Crippen molar-refractivity contribution in [3.63, 3.8) is 0 Å². The first kappa shape index (κ1) is 9.71. The maximum Gasteiger partial charge on any atom is 0.181 e. The van der Waals surface area contributed by atoms with E-state index >= 15 is 0 Å². The van der Waals surface area contributed by atoms with Crippen LogP contribution in [0.25, 0.3) is 0 Å². The van der Waals surface area contributed by atoms with Gasteiger partial charge in [-0.15, -0.1) is 0 Å². The minimum atomic E-state index is 0.497. The molecule has 1 aromatic rings. The van der Waals surface area contributed by atoms with Crippen LogP contribution in [0.2, 0.25) is 0 Å². The van der Waals surface area contributed by atoms with E-state index in [9.17, 15) is 0 Å². The molecule has 2 N–H and O–H groups in total. The van der Waals surface area contributed by atoms with Gasteiger partial charge in [0.05, 0.1) is 5.69 Å². The van der Waals surface area contributed by atoms with Gasteiger partial charge in [0.1, 0.15) is 5.76 Å². The normalized spacial score (nSPS) is 27.9. The van der Waals surface area contributed by atoms with Gasteiger partial charge in [-0.3, -0.25) is 0 Å². The third-order valence-electron chi connectivity index (χ3n) is 3.17. The maximum absolute atomic E-state index is 5.61. The highest BCUT2D eigenvalue weighted by atomic mass is 16.3. The molecule has 1 aromatic heterocycles. The molecule has 0 aliphatic heterocycles. The Morgan fingerprint density at radius 2 is 2.43 bits per heavy atom. The molecule has 0 amide bonds. The number of nitrogens with two attached hydrogens (primary N) is 1. The van der Waals surface area contributed by atoms with E-state index in [0.29, 0.717) is 12.5 Å². The highest BCUT2D eigenvalue weighted by Gasteiger charge is 2.25. The zero-order valence-electron chi connectivity index (χ0n) is 8.70. The quantitative estimate of drug-likeness (QED) is 0.786. The fourth-order valence-corrected chi connectivity index (χ4v) is 2.44. The van der Waals surface area contributed by atoms with Gasteiger partial charge < -0.3 is 10.2 Å². The van der Waals surface area contributed by atoms with Crippen LogP contribution in [0.1, 0.15) is 50.0 Å². The molecule has 2 atom stereocenters. The first-order chi connectivity index (χ1) is 6.81. The maximum atomic E-state index is 5.61. The fourth-order valence-electron chi connectivity index (χ4n) is 2.44. The Bertz CT molecular complexity index is 295. The molecule has 3 nitrogen and oxygen atoms in total. The largest absolute Gasteiger partial charge is 0.448 e. The van der Waals surface area contributed by atoms with Crippen LogP contribution >= 0.6 is 0 Å². The second-order valence-electron chi connectivity index (χ2n) is 4.34. The predicted octanol–water partition coefficient (Wildman–Crippen LogP) is 2.43. The third kappa shape index (κ3) is 1.82. The minimum absolute atomic E-state index is 0.497. The average molecular weight is 194 g/mol. The topological polar surface area (TPSA) is 52.0 Å². The lowest BCUT2D eigenvalue weighted by Crippen LogP contribution is -2.13. The van der Waals surface area contributed by atoms with Crippen LogP contribution in [0.5, 0.6) is 0 Å². The lowest BCUT2D eigenvalue weighted by atomic mass is 9.81. The molecule has 2 unspecified atom stereocenters. The van der Waals surface area contributed by atoms with Crippen molar-refractivity contribution < 1.29 is 4.42 Å². The van der Waals surface area contributed by atoms with Crippen LogP contribution in [-0.2, 0) is 6.54 Å². The molecule has 1 aliphatic carbocycles. The van der Waals surface area contributed by atoms with Crippen LogP contribution in [0.4, 0.5) is 0 Å². The van der Waals surface area contributed by atoms with Crippen LogP contribution in [0, 0.1) is 5.92 Å². The van der Waals surface area contributed by atoms with Gasteiger partial charge in [0, 0.05) is 12.5 Å². The van der Waals surface area contributed by atoms with E-state index in [0.717, 1.165) is 17.4 Å². The number of hydrogen-bond donors (Lipinski definition) is 1. The first-order valence-corrected chi connectivity index (χ1v) is 5.43. The standard InChI is InChI=1S/C11H18N2O/c1-8-3-2-4-9(5-8)11-10(6-12)13-7-14-11/h7-9H,2-6,12H2,1H3. The van der Waals surface area contributed by atoms with Crippen molar-refractivity contribution in [2.45, 2.75) is 45.1 Å². The molecular formula is C11H18N2O. The Labute approximate surface area is 84.7 Å². The fraction of sp³-hybridized carbons (Fsp3) is 0.727. The average Bonchev–Trinajstić information content (AvgIpc) is 2.65. The zero-order valence-corrected chi connectivity index (χ0v) is 8.70. The molecule has 0 aromatic carbocycles. The highest BCUT2D eigenvalue weighted by molar-refractivity contribution is 5.13. The van der Waals surface area contributed by atoms with Crippen molar-refractivity contribution in [1.82, 2.24) is 4.98 Å². The zero-order chi connectivity index (χ0) is 9.97. The Morgan fingerprint density at radius 3 is 3.14 bits per heavy atom. The summed E-state index contributed by atoms with van der Waals surface area (Å²) in [6, 6.07) is 0. The van der Waals surface area contributed by atoms with Crippen LogP contribution in [0.15, 0.2) is 10.8 Å². The summed E-state index contributed by atoms with van der Waals surface area (Å²) >= 11 is 0. The van der Waals surface area contributed by atoms with Crippen molar-refractivity contribution in [2.75, 3.05) is 0 Å². The van der Waals surface area contributed by atoms with Crippen molar-refractivity contribution >= 4 is 0 Å². The summed E-state index contributed by atoms with van der Waals surface area (Å²) in [5.74, 6) is 2.41. The van der Waals surface area contributed by atoms with Gasteiger partial charge in [-0.25, -0.2) is 4.98 Å². The van der Waals surface area contributed by atoms with Crippen LogP contribution in [0.3, 0.4) is 0 Å². The second kappa shape index (κ2) is 4.13. The van der Waals surface area contributed by atoms with Crippen LogP contribution < -0.4 is 5.73 Å². The Kier molecular flexibility index (Phi) is 2.87.